The molecule has 0 amide bonds. The second-order valence-corrected chi connectivity index (χ2v) is 8.96. The number of benzene rings is 2. The van der Waals surface area contributed by atoms with Crippen LogP contribution in [0, 0.1) is 16.0 Å². The van der Waals surface area contributed by atoms with Gasteiger partial charge >= 0.3 is 13.7 Å². The van der Waals surface area contributed by atoms with E-state index in [1.165, 1.54) is 31.2 Å². The zero-order chi connectivity index (χ0) is 23.6. The highest BCUT2D eigenvalue weighted by molar-refractivity contribution is 7.52. The zero-order valence-corrected chi connectivity index (χ0v) is 19.3. The number of nitrogens with one attached hydrogen (secondary N) is 1. The molecule has 1 unspecified atom stereocenters. The molecule has 0 aliphatic heterocycles. The number of hydrogen-bond donors (Lipinski definition) is 1. The molecule has 10 heteroatoms. The van der Waals surface area contributed by atoms with Crippen molar-refractivity contribution >= 4 is 19.4 Å². The molecule has 2 rings (SSSR count). The number of ether oxygens (including phenoxy) is 1. The average molecular weight is 464 g/mol. The molecule has 0 saturated carbocycles. The first kappa shape index (κ1) is 25.5. The molecule has 174 valence electrons. The minimum atomic E-state index is -4.04. The smallest absolute Gasteiger partial charge is 0.459 e. The molecule has 0 aromatic heterocycles. The van der Waals surface area contributed by atoms with Crippen LogP contribution >= 0.6 is 7.75 Å². The zero-order valence-electron chi connectivity index (χ0n) is 18.4. The first-order valence-electron chi connectivity index (χ1n) is 10.4. The summed E-state index contributed by atoms with van der Waals surface area (Å²) in [5.41, 5.74) is 0.620. The average Bonchev–Trinajstić information content (AvgIpc) is 2.79. The minimum Gasteiger partial charge on any atom is -0.464 e. The molecule has 2 aromatic rings. The van der Waals surface area contributed by atoms with Crippen LogP contribution in [-0.4, -0.2) is 23.5 Å². The van der Waals surface area contributed by atoms with Gasteiger partial charge in [0.2, 0.25) is 0 Å². The fraction of sp³-hybridized carbons (Fsp3) is 0.409. The topological polar surface area (TPSA) is 117 Å². The molecule has 2 atom stereocenters. The lowest BCUT2D eigenvalue weighted by Gasteiger charge is -2.23. The highest BCUT2D eigenvalue weighted by Crippen LogP contribution is 2.46. The Balaban J connectivity index is 2.12. The molecule has 0 bridgehead atoms. The van der Waals surface area contributed by atoms with Crippen molar-refractivity contribution in [2.24, 2.45) is 5.92 Å². The predicted octanol–water partition coefficient (Wildman–Crippen LogP) is 5.26. The van der Waals surface area contributed by atoms with Crippen LogP contribution in [0.1, 0.15) is 39.2 Å². The van der Waals surface area contributed by atoms with Crippen molar-refractivity contribution in [1.29, 1.82) is 0 Å². The Labute approximate surface area is 187 Å². The van der Waals surface area contributed by atoms with Crippen LogP contribution in [0.25, 0.3) is 0 Å². The molecule has 9 nitrogen and oxygen atoms in total. The van der Waals surface area contributed by atoms with Gasteiger partial charge < -0.3 is 9.26 Å². The second kappa shape index (κ2) is 12.3. The third kappa shape index (κ3) is 8.07. The van der Waals surface area contributed by atoms with Crippen molar-refractivity contribution < 1.29 is 28.1 Å². The van der Waals surface area contributed by atoms with Crippen LogP contribution in [0.3, 0.4) is 0 Å². The van der Waals surface area contributed by atoms with Gasteiger partial charge in [0.05, 0.1) is 18.1 Å². The molecular weight excluding hydrogens is 435 g/mol. The molecule has 0 fully saturated rings. The van der Waals surface area contributed by atoms with E-state index in [0.717, 1.165) is 18.4 Å². The Morgan fingerprint density at radius 3 is 2.28 bits per heavy atom. The van der Waals surface area contributed by atoms with Crippen LogP contribution in [0.5, 0.6) is 5.75 Å². The molecule has 0 spiro atoms. The van der Waals surface area contributed by atoms with Crippen molar-refractivity contribution in [3.05, 3.63) is 70.3 Å². The fourth-order valence-electron chi connectivity index (χ4n) is 2.73. The van der Waals surface area contributed by atoms with Gasteiger partial charge in [0.1, 0.15) is 11.8 Å². The van der Waals surface area contributed by atoms with Crippen LogP contribution < -0.4 is 9.61 Å². The lowest BCUT2D eigenvalue weighted by molar-refractivity contribution is -0.384. The summed E-state index contributed by atoms with van der Waals surface area (Å²) >= 11 is 0. The van der Waals surface area contributed by atoms with Crippen molar-refractivity contribution in [3.8, 4) is 5.75 Å². The maximum atomic E-state index is 13.4. The standard InChI is InChI=1S/C22H29N2O7P/c1-4-18(5-2)15-29-22(25)17(3)23-32(28,30-16-19-9-7-6-8-10-19)31-21-13-11-20(12-14-21)24(26)27/h6-14,17-18H,4-5,15-16H2,1-3H3,(H,23,28)/t17-,32?/m0/s1. The monoisotopic (exact) mass is 464 g/mol. The SMILES string of the molecule is CCC(CC)COC(=O)[C@H](C)NP(=O)(OCc1ccccc1)Oc1ccc([N+](=O)[O-])cc1. The predicted molar refractivity (Wildman–Crippen MR) is 120 cm³/mol. The Hall–Kier alpha value is -2.74. The van der Waals surface area contributed by atoms with Crippen molar-refractivity contribution in [2.45, 2.75) is 46.3 Å². The van der Waals surface area contributed by atoms with Gasteiger partial charge in [0, 0.05) is 12.1 Å². The normalized spacial score (nSPS) is 13.9. The summed E-state index contributed by atoms with van der Waals surface area (Å²) in [6, 6.07) is 13.2. The van der Waals surface area contributed by atoms with Gasteiger partial charge in [0.15, 0.2) is 0 Å². The highest BCUT2D eigenvalue weighted by Gasteiger charge is 2.32. The van der Waals surface area contributed by atoms with E-state index in [0.29, 0.717) is 0 Å². The summed E-state index contributed by atoms with van der Waals surface area (Å²) in [5, 5.41) is 13.5. The van der Waals surface area contributed by atoms with E-state index in [1.807, 2.05) is 32.0 Å². The van der Waals surface area contributed by atoms with Crippen LogP contribution in [0.4, 0.5) is 5.69 Å². The molecule has 0 aliphatic rings. The van der Waals surface area contributed by atoms with Crippen molar-refractivity contribution in [2.75, 3.05) is 6.61 Å². The van der Waals surface area contributed by atoms with Gasteiger partial charge in [-0.3, -0.25) is 19.4 Å². The highest BCUT2D eigenvalue weighted by atomic mass is 31.2. The number of nitro groups is 1. The number of nitro benzene ring substituents is 1. The number of hydrogen-bond acceptors (Lipinski definition) is 7. The number of non-ortho nitro benzene ring substituents is 1. The number of esters is 1. The summed E-state index contributed by atoms with van der Waals surface area (Å²) in [6.45, 7) is 5.79. The fourth-order valence-corrected chi connectivity index (χ4v) is 4.21. The molecule has 0 saturated heterocycles. The van der Waals surface area contributed by atoms with Gasteiger partial charge in [0.25, 0.3) is 5.69 Å². The third-order valence-corrected chi connectivity index (χ3v) is 6.46. The van der Waals surface area contributed by atoms with Crippen LogP contribution in [-0.2, 0) is 25.2 Å². The van der Waals surface area contributed by atoms with Gasteiger partial charge in [-0.2, -0.15) is 5.09 Å². The van der Waals surface area contributed by atoms with E-state index >= 15 is 0 Å². The van der Waals surface area contributed by atoms with E-state index in [1.54, 1.807) is 12.1 Å². The Kier molecular flexibility index (Phi) is 9.84. The number of carbonyl (C=O) groups is 1. The molecule has 32 heavy (non-hydrogen) atoms. The van der Waals surface area contributed by atoms with Gasteiger partial charge in [-0.1, -0.05) is 57.0 Å². The van der Waals surface area contributed by atoms with Crippen molar-refractivity contribution in [1.82, 2.24) is 5.09 Å². The summed E-state index contributed by atoms with van der Waals surface area (Å²) < 4.78 is 29.9. The first-order chi connectivity index (χ1) is 15.3. The maximum absolute atomic E-state index is 13.4. The maximum Gasteiger partial charge on any atom is 0.459 e. The van der Waals surface area contributed by atoms with Gasteiger partial charge in [-0.05, 0) is 30.5 Å². The van der Waals surface area contributed by atoms with E-state index in [4.69, 9.17) is 13.8 Å². The first-order valence-corrected chi connectivity index (χ1v) is 12.0. The molecule has 0 radical (unpaired) electrons. The number of carbonyl (C=O) groups excluding carboxylic acids is 1. The molecular formula is C22H29N2O7P. The molecule has 2 aromatic carbocycles. The quantitative estimate of drug-likeness (QED) is 0.185. The largest absolute Gasteiger partial charge is 0.464 e. The van der Waals surface area contributed by atoms with Crippen LogP contribution in [0.2, 0.25) is 0 Å². The number of nitrogens with zero attached hydrogens (tertiary/aromatic N) is 1. The third-order valence-electron chi connectivity index (χ3n) is 4.84. The summed E-state index contributed by atoms with van der Waals surface area (Å²) in [6.07, 6.45) is 1.76. The Morgan fingerprint density at radius 2 is 1.72 bits per heavy atom. The molecule has 1 N–H and O–H groups in total. The lowest BCUT2D eigenvalue weighted by Crippen LogP contribution is -2.35. The van der Waals surface area contributed by atoms with E-state index in [9.17, 15) is 19.5 Å². The van der Waals surface area contributed by atoms with E-state index in [2.05, 4.69) is 5.09 Å². The lowest BCUT2D eigenvalue weighted by atomic mass is 10.1. The van der Waals surface area contributed by atoms with Gasteiger partial charge in [-0.15, -0.1) is 0 Å². The van der Waals surface area contributed by atoms with Crippen LogP contribution in [0.15, 0.2) is 54.6 Å². The van der Waals surface area contributed by atoms with Gasteiger partial charge in [-0.25, -0.2) is 4.57 Å². The summed E-state index contributed by atoms with van der Waals surface area (Å²) in [5.74, 6) is -0.228. The number of rotatable bonds is 13. The molecule has 0 heterocycles. The van der Waals surface area contributed by atoms with E-state index in [-0.39, 0.29) is 30.6 Å². The second-order valence-electron chi connectivity index (χ2n) is 7.26. The van der Waals surface area contributed by atoms with E-state index < -0.39 is 24.7 Å². The Morgan fingerprint density at radius 1 is 1.09 bits per heavy atom. The summed E-state index contributed by atoms with van der Waals surface area (Å²) in [4.78, 5) is 22.7. The Bertz CT molecular complexity index is 918. The van der Waals surface area contributed by atoms with Crippen molar-refractivity contribution in [3.63, 3.8) is 0 Å². The minimum absolute atomic E-state index is 0.0341. The summed E-state index contributed by atoms with van der Waals surface area (Å²) in [7, 11) is -4.04. The molecule has 0 aliphatic carbocycles.